The molecule has 0 bridgehead atoms. The van der Waals surface area contributed by atoms with E-state index >= 15 is 0 Å². The Morgan fingerprint density at radius 3 is 1.83 bits per heavy atom. The van der Waals surface area contributed by atoms with Crippen LogP contribution in [0.2, 0.25) is 0 Å². The second-order valence-corrected chi connectivity index (χ2v) is 8.67. The molecule has 0 saturated carbocycles. The molecule has 1 aliphatic heterocycles. The molecule has 1 aliphatic rings. The van der Waals surface area contributed by atoms with E-state index in [4.69, 9.17) is 4.74 Å². The summed E-state index contributed by atoms with van der Waals surface area (Å²) in [7, 11) is 0. The fourth-order valence-electron chi connectivity index (χ4n) is 3.96. The van der Waals surface area contributed by atoms with E-state index in [-0.39, 0.29) is 23.5 Å². The number of aliphatic hydroxyl groups excluding tert-OH is 1. The number of hydrogen-bond acceptors (Lipinski definition) is 6. The van der Waals surface area contributed by atoms with E-state index in [1.807, 2.05) is 36.4 Å². The molecule has 3 rings (SSSR count). The zero-order chi connectivity index (χ0) is 26.1. The summed E-state index contributed by atoms with van der Waals surface area (Å²) in [4.78, 5) is 2.12. The van der Waals surface area contributed by atoms with E-state index in [1.54, 1.807) is 32.1 Å². The van der Waals surface area contributed by atoms with Crippen LogP contribution in [0.25, 0.3) is 18.2 Å². The third-order valence-corrected chi connectivity index (χ3v) is 5.92. The summed E-state index contributed by atoms with van der Waals surface area (Å²) < 4.78 is 5.79. The molecular formula is C30H28N4O2. The molecule has 0 radical (unpaired) electrons. The average Bonchev–Trinajstić information content (AvgIpc) is 3.15. The highest BCUT2D eigenvalue weighted by molar-refractivity contribution is 5.71. The summed E-state index contributed by atoms with van der Waals surface area (Å²) >= 11 is 0. The number of anilines is 1. The van der Waals surface area contributed by atoms with Crippen molar-refractivity contribution >= 4 is 23.9 Å². The first-order chi connectivity index (χ1) is 17.4. The third-order valence-electron chi connectivity index (χ3n) is 5.92. The van der Waals surface area contributed by atoms with Crippen LogP contribution >= 0.6 is 0 Å². The van der Waals surface area contributed by atoms with E-state index in [0.29, 0.717) is 12.1 Å². The van der Waals surface area contributed by atoms with Gasteiger partial charge in [-0.1, -0.05) is 60.7 Å². The highest BCUT2D eigenvalue weighted by Crippen LogP contribution is 2.40. The van der Waals surface area contributed by atoms with Gasteiger partial charge in [-0.25, -0.2) is 0 Å². The first kappa shape index (κ1) is 26.0. The first-order valence-corrected chi connectivity index (χ1v) is 11.7. The van der Waals surface area contributed by atoms with Gasteiger partial charge >= 0.3 is 0 Å². The zero-order valence-corrected chi connectivity index (χ0v) is 20.7. The molecule has 6 nitrogen and oxygen atoms in total. The Kier molecular flexibility index (Phi) is 8.48. The summed E-state index contributed by atoms with van der Waals surface area (Å²) in [5, 5.41) is 37.2. The van der Waals surface area contributed by atoms with Crippen LogP contribution in [-0.2, 0) is 4.74 Å². The maximum absolute atomic E-state index is 9.65. The minimum atomic E-state index is -0.833. The van der Waals surface area contributed by atoms with Crippen LogP contribution in [-0.4, -0.2) is 30.4 Å². The lowest BCUT2D eigenvalue weighted by Gasteiger charge is -2.21. The fraction of sp³-hybridized carbons (Fsp3) is 0.233. The average molecular weight is 477 g/mol. The van der Waals surface area contributed by atoms with Crippen molar-refractivity contribution in [3.63, 3.8) is 0 Å². The second kappa shape index (κ2) is 11.7. The number of nitrogens with zero attached hydrogens (tertiary/aromatic N) is 4. The van der Waals surface area contributed by atoms with Gasteiger partial charge in [0.1, 0.15) is 29.4 Å². The molecule has 0 aromatic heterocycles. The van der Waals surface area contributed by atoms with Crippen LogP contribution in [0.5, 0.6) is 0 Å². The number of nitriles is 3. The van der Waals surface area contributed by atoms with E-state index in [0.717, 1.165) is 28.9 Å². The van der Waals surface area contributed by atoms with Gasteiger partial charge in [-0.15, -0.1) is 0 Å². The van der Waals surface area contributed by atoms with Crippen LogP contribution in [0.3, 0.4) is 0 Å². The predicted octanol–water partition coefficient (Wildman–Crippen LogP) is 5.62. The highest BCUT2D eigenvalue weighted by atomic mass is 16.5. The number of hydrogen-bond donors (Lipinski definition) is 1. The Labute approximate surface area is 212 Å². The molecule has 1 heterocycles. The van der Waals surface area contributed by atoms with Crippen molar-refractivity contribution in [2.45, 2.75) is 26.4 Å². The smallest absolute Gasteiger partial charge is 0.172 e. The van der Waals surface area contributed by atoms with Crippen LogP contribution in [0.1, 0.15) is 37.5 Å². The fourth-order valence-corrected chi connectivity index (χ4v) is 3.96. The monoisotopic (exact) mass is 476 g/mol. The van der Waals surface area contributed by atoms with Crippen molar-refractivity contribution in [1.82, 2.24) is 0 Å². The SMILES string of the molecule is CCN(CCO)c1ccc(/C=C/c2ccc(/C=C/C3=C(C#N)C(=C(C#N)C#N)OC3(C)C)cc2)cc1. The molecule has 0 aliphatic carbocycles. The molecule has 6 heteroatoms. The molecular weight excluding hydrogens is 448 g/mol. The Balaban J connectivity index is 1.75. The minimum Gasteiger partial charge on any atom is -0.480 e. The maximum Gasteiger partial charge on any atom is 0.172 e. The normalized spacial score (nSPS) is 14.4. The van der Waals surface area contributed by atoms with Gasteiger partial charge in [-0.2, -0.15) is 15.8 Å². The summed E-state index contributed by atoms with van der Waals surface area (Å²) in [5.41, 5.74) is 3.95. The molecule has 180 valence electrons. The van der Waals surface area contributed by atoms with Crippen molar-refractivity contribution in [1.29, 1.82) is 15.8 Å². The minimum absolute atomic E-state index is 0.0384. The van der Waals surface area contributed by atoms with Crippen molar-refractivity contribution in [3.8, 4) is 18.2 Å². The van der Waals surface area contributed by atoms with Gasteiger partial charge in [-0.3, -0.25) is 0 Å². The molecule has 0 saturated heterocycles. The van der Waals surface area contributed by atoms with Crippen LogP contribution in [0, 0.1) is 34.0 Å². The van der Waals surface area contributed by atoms with Crippen molar-refractivity contribution < 1.29 is 9.84 Å². The third kappa shape index (κ3) is 5.91. The van der Waals surface area contributed by atoms with Gasteiger partial charge in [-0.05, 0) is 49.6 Å². The lowest BCUT2D eigenvalue weighted by atomic mass is 9.94. The van der Waals surface area contributed by atoms with Crippen LogP contribution in [0.15, 0.2) is 77.1 Å². The number of rotatable bonds is 8. The zero-order valence-electron chi connectivity index (χ0n) is 20.7. The Morgan fingerprint density at radius 2 is 1.39 bits per heavy atom. The van der Waals surface area contributed by atoms with Gasteiger partial charge in [0.15, 0.2) is 11.3 Å². The molecule has 0 unspecified atom stereocenters. The molecule has 0 fully saturated rings. The molecule has 2 aromatic rings. The van der Waals surface area contributed by atoms with Gasteiger partial charge < -0.3 is 14.7 Å². The topological polar surface area (TPSA) is 104 Å². The van der Waals surface area contributed by atoms with Crippen LogP contribution < -0.4 is 4.90 Å². The van der Waals surface area contributed by atoms with Gasteiger partial charge in [0.25, 0.3) is 0 Å². The van der Waals surface area contributed by atoms with E-state index in [1.165, 1.54) is 0 Å². The standard InChI is InChI=1S/C30H28N4O2/c1-4-34(17-18-35)26-14-11-24(12-15-26)10-7-22-5-8-23(9-6-22)13-16-28-27(21-33)29(25(19-31)20-32)36-30(28,2)3/h5-16,35H,4,17-18H2,1-3H3/b10-7+,16-13+. The van der Waals surface area contributed by atoms with Crippen molar-refractivity contribution in [3.05, 3.63) is 93.8 Å². The largest absolute Gasteiger partial charge is 0.480 e. The summed E-state index contributed by atoms with van der Waals surface area (Å²) in [5.74, 6) is 0.0384. The summed E-state index contributed by atoms with van der Waals surface area (Å²) in [6.45, 7) is 7.26. The number of benzene rings is 2. The van der Waals surface area contributed by atoms with Gasteiger partial charge in [0.2, 0.25) is 0 Å². The Morgan fingerprint density at radius 1 is 0.889 bits per heavy atom. The predicted molar refractivity (Wildman–Crippen MR) is 142 cm³/mol. The molecule has 2 aromatic carbocycles. The maximum atomic E-state index is 9.65. The summed E-state index contributed by atoms with van der Waals surface area (Å²) in [6.07, 6.45) is 7.79. The number of aliphatic hydroxyl groups is 1. The van der Waals surface area contributed by atoms with Gasteiger partial charge in [0, 0.05) is 24.4 Å². The lowest BCUT2D eigenvalue weighted by Crippen LogP contribution is -2.25. The second-order valence-electron chi connectivity index (χ2n) is 8.67. The lowest BCUT2D eigenvalue weighted by molar-refractivity contribution is 0.0954. The van der Waals surface area contributed by atoms with E-state index in [9.17, 15) is 20.9 Å². The molecule has 1 N–H and O–H groups in total. The number of likely N-dealkylation sites (N-methyl/N-ethyl adjacent to an activating group) is 1. The Hall–Kier alpha value is -4.57. The molecule has 36 heavy (non-hydrogen) atoms. The first-order valence-electron chi connectivity index (χ1n) is 11.7. The van der Waals surface area contributed by atoms with Gasteiger partial charge in [0.05, 0.1) is 6.61 Å². The molecule has 0 amide bonds. The van der Waals surface area contributed by atoms with E-state index < -0.39 is 5.60 Å². The number of allylic oxidation sites excluding steroid dienone is 2. The van der Waals surface area contributed by atoms with Crippen molar-refractivity contribution in [2.24, 2.45) is 0 Å². The van der Waals surface area contributed by atoms with Crippen molar-refractivity contribution in [2.75, 3.05) is 24.6 Å². The highest BCUT2D eigenvalue weighted by Gasteiger charge is 2.38. The van der Waals surface area contributed by atoms with E-state index in [2.05, 4.69) is 48.2 Å². The molecule has 0 atom stereocenters. The molecule has 0 spiro atoms. The quantitative estimate of drug-likeness (QED) is 0.392. The Bertz CT molecular complexity index is 1320. The number of ether oxygens (including phenoxy) is 1. The van der Waals surface area contributed by atoms with Crippen LogP contribution in [0.4, 0.5) is 5.69 Å². The summed E-state index contributed by atoms with van der Waals surface area (Å²) in [6, 6.07) is 21.9.